The molecule has 19 heavy (non-hydrogen) atoms. The van der Waals surface area contributed by atoms with Crippen molar-refractivity contribution in [2.24, 2.45) is 5.73 Å². The zero-order valence-corrected chi connectivity index (χ0v) is 12.4. The van der Waals surface area contributed by atoms with Crippen molar-refractivity contribution in [1.82, 2.24) is 0 Å². The van der Waals surface area contributed by atoms with E-state index in [1.807, 2.05) is 24.3 Å². The van der Waals surface area contributed by atoms with Crippen LogP contribution in [0.2, 0.25) is 0 Å². The van der Waals surface area contributed by atoms with Crippen molar-refractivity contribution >= 4 is 15.9 Å². The normalized spacial score (nSPS) is 21.6. The van der Waals surface area contributed by atoms with Crippen molar-refractivity contribution in [2.75, 3.05) is 0 Å². The SMILES string of the molecule is Cc1ccc(C2C[C@H](N)c3ccccc3O2)cc1Br. The van der Waals surface area contributed by atoms with Gasteiger partial charge in [0.25, 0.3) is 0 Å². The minimum Gasteiger partial charge on any atom is -0.485 e. The van der Waals surface area contributed by atoms with Gasteiger partial charge in [-0.25, -0.2) is 0 Å². The number of nitrogens with two attached hydrogens (primary N) is 1. The fraction of sp³-hybridized carbons (Fsp3) is 0.250. The summed E-state index contributed by atoms with van der Waals surface area (Å²) in [4.78, 5) is 0. The molecule has 0 amide bonds. The third-order valence-electron chi connectivity index (χ3n) is 3.62. The number of aryl methyl sites for hydroxylation is 1. The molecule has 2 aromatic carbocycles. The molecule has 1 aliphatic heterocycles. The molecule has 0 spiro atoms. The van der Waals surface area contributed by atoms with E-state index in [1.165, 1.54) is 11.1 Å². The smallest absolute Gasteiger partial charge is 0.126 e. The van der Waals surface area contributed by atoms with Gasteiger partial charge < -0.3 is 10.5 Å². The minimum absolute atomic E-state index is 0.0294. The van der Waals surface area contributed by atoms with Gasteiger partial charge in [0.2, 0.25) is 0 Å². The van der Waals surface area contributed by atoms with Gasteiger partial charge in [-0.1, -0.05) is 46.3 Å². The zero-order valence-electron chi connectivity index (χ0n) is 10.8. The maximum atomic E-state index is 6.25. The van der Waals surface area contributed by atoms with Gasteiger partial charge in [-0.15, -0.1) is 0 Å². The Hall–Kier alpha value is -1.32. The lowest BCUT2D eigenvalue weighted by Gasteiger charge is -2.30. The Morgan fingerprint density at radius 1 is 1.21 bits per heavy atom. The molecule has 0 radical (unpaired) electrons. The highest BCUT2D eigenvalue weighted by Crippen LogP contribution is 2.40. The molecule has 2 N–H and O–H groups in total. The molecule has 2 atom stereocenters. The number of benzene rings is 2. The maximum absolute atomic E-state index is 6.25. The van der Waals surface area contributed by atoms with Crippen LogP contribution in [0.3, 0.4) is 0 Å². The number of hydrogen-bond donors (Lipinski definition) is 1. The predicted molar refractivity (Wildman–Crippen MR) is 80.2 cm³/mol. The van der Waals surface area contributed by atoms with Gasteiger partial charge in [0.05, 0.1) is 0 Å². The first-order chi connectivity index (χ1) is 9.15. The van der Waals surface area contributed by atoms with Crippen LogP contribution >= 0.6 is 15.9 Å². The first-order valence-electron chi connectivity index (χ1n) is 6.42. The van der Waals surface area contributed by atoms with Gasteiger partial charge >= 0.3 is 0 Å². The molecule has 2 aromatic rings. The van der Waals surface area contributed by atoms with Crippen molar-refractivity contribution in [1.29, 1.82) is 0 Å². The van der Waals surface area contributed by atoms with Gasteiger partial charge in [0, 0.05) is 22.5 Å². The minimum atomic E-state index is 0.0294. The predicted octanol–water partition coefficient (Wildman–Crippen LogP) is 4.28. The first-order valence-corrected chi connectivity index (χ1v) is 7.21. The van der Waals surface area contributed by atoms with Crippen LogP contribution in [0.4, 0.5) is 0 Å². The van der Waals surface area contributed by atoms with Crippen molar-refractivity contribution in [3.05, 3.63) is 63.6 Å². The number of para-hydroxylation sites is 1. The number of fused-ring (bicyclic) bond motifs is 1. The van der Waals surface area contributed by atoms with Crippen LogP contribution in [0, 0.1) is 6.92 Å². The van der Waals surface area contributed by atoms with Gasteiger partial charge in [-0.05, 0) is 30.2 Å². The molecule has 1 heterocycles. The molecular weight excluding hydrogens is 302 g/mol. The van der Waals surface area contributed by atoms with Gasteiger partial charge in [-0.3, -0.25) is 0 Å². The van der Waals surface area contributed by atoms with Crippen LogP contribution < -0.4 is 10.5 Å². The van der Waals surface area contributed by atoms with E-state index < -0.39 is 0 Å². The van der Waals surface area contributed by atoms with Crippen LogP contribution in [-0.4, -0.2) is 0 Å². The molecule has 2 nitrogen and oxygen atoms in total. The highest BCUT2D eigenvalue weighted by atomic mass is 79.9. The zero-order chi connectivity index (χ0) is 13.4. The third-order valence-corrected chi connectivity index (χ3v) is 4.48. The average molecular weight is 318 g/mol. The summed E-state index contributed by atoms with van der Waals surface area (Å²) in [5, 5.41) is 0. The van der Waals surface area contributed by atoms with E-state index in [9.17, 15) is 0 Å². The van der Waals surface area contributed by atoms with E-state index in [1.54, 1.807) is 0 Å². The van der Waals surface area contributed by atoms with Crippen molar-refractivity contribution < 1.29 is 4.74 Å². The number of ether oxygens (including phenoxy) is 1. The third kappa shape index (κ3) is 2.40. The molecule has 1 aliphatic rings. The highest BCUT2D eigenvalue weighted by molar-refractivity contribution is 9.10. The Balaban J connectivity index is 1.94. The second-order valence-corrected chi connectivity index (χ2v) is 5.85. The van der Waals surface area contributed by atoms with E-state index in [2.05, 4.69) is 41.1 Å². The fourth-order valence-electron chi connectivity index (χ4n) is 2.47. The lowest BCUT2D eigenvalue weighted by atomic mass is 9.93. The fourth-order valence-corrected chi connectivity index (χ4v) is 2.86. The van der Waals surface area contributed by atoms with Crippen LogP contribution in [0.25, 0.3) is 0 Å². The van der Waals surface area contributed by atoms with Crippen molar-refractivity contribution in [3.63, 3.8) is 0 Å². The van der Waals surface area contributed by atoms with Crippen LogP contribution in [0.15, 0.2) is 46.9 Å². The number of hydrogen-bond acceptors (Lipinski definition) is 2. The van der Waals surface area contributed by atoms with Crippen LogP contribution in [0.1, 0.15) is 35.3 Å². The molecule has 0 saturated carbocycles. The lowest BCUT2D eigenvalue weighted by Crippen LogP contribution is -2.24. The van der Waals surface area contributed by atoms with Gasteiger partial charge in [0.1, 0.15) is 11.9 Å². The molecule has 0 saturated heterocycles. The molecule has 0 aromatic heterocycles. The Labute approximate surface area is 121 Å². The lowest BCUT2D eigenvalue weighted by molar-refractivity contribution is 0.161. The molecule has 98 valence electrons. The second kappa shape index (κ2) is 4.99. The Morgan fingerprint density at radius 2 is 2.00 bits per heavy atom. The summed E-state index contributed by atoms with van der Waals surface area (Å²) >= 11 is 3.57. The molecule has 3 rings (SSSR count). The Bertz CT molecular complexity index is 611. The van der Waals surface area contributed by atoms with Crippen LogP contribution in [-0.2, 0) is 0 Å². The average Bonchev–Trinajstić information content (AvgIpc) is 2.42. The monoisotopic (exact) mass is 317 g/mol. The van der Waals surface area contributed by atoms with E-state index in [4.69, 9.17) is 10.5 Å². The van der Waals surface area contributed by atoms with Gasteiger partial charge in [-0.2, -0.15) is 0 Å². The molecule has 0 aliphatic carbocycles. The molecular formula is C16H16BrNO. The van der Waals surface area contributed by atoms with Crippen molar-refractivity contribution in [3.8, 4) is 5.75 Å². The largest absolute Gasteiger partial charge is 0.485 e. The Morgan fingerprint density at radius 3 is 2.79 bits per heavy atom. The van der Waals surface area contributed by atoms with Crippen LogP contribution in [0.5, 0.6) is 5.75 Å². The topological polar surface area (TPSA) is 35.2 Å². The number of rotatable bonds is 1. The van der Waals surface area contributed by atoms with E-state index in [-0.39, 0.29) is 12.1 Å². The summed E-state index contributed by atoms with van der Waals surface area (Å²) in [6.07, 6.45) is 0.841. The molecule has 0 fully saturated rings. The van der Waals surface area contributed by atoms with Gasteiger partial charge in [0.15, 0.2) is 0 Å². The summed E-state index contributed by atoms with van der Waals surface area (Å²) in [5.74, 6) is 0.906. The summed E-state index contributed by atoms with van der Waals surface area (Å²) in [6.45, 7) is 2.08. The van der Waals surface area contributed by atoms with E-state index >= 15 is 0 Å². The summed E-state index contributed by atoms with van der Waals surface area (Å²) in [5.41, 5.74) is 9.75. The van der Waals surface area contributed by atoms with E-state index in [0.717, 1.165) is 22.2 Å². The summed E-state index contributed by atoms with van der Waals surface area (Å²) < 4.78 is 7.19. The highest BCUT2D eigenvalue weighted by Gasteiger charge is 2.26. The quantitative estimate of drug-likeness (QED) is 0.852. The molecule has 1 unspecified atom stereocenters. The number of halogens is 1. The standard InChI is InChI=1S/C16H16BrNO/c1-10-6-7-11(8-13(10)17)16-9-14(18)12-4-2-3-5-15(12)19-16/h2-8,14,16H,9,18H2,1H3/t14-,16?/m0/s1. The summed E-state index contributed by atoms with van der Waals surface area (Å²) in [6, 6.07) is 14.4. The maximum Gasteiger partial charge on any atom is 0.126 e. The van der Waals surface area contributed by atoms with E-state index in [0.29, 0.717) is 0 Å². The molecule has 3 heteroatoms. The molecule has 0 bridgehead atoms. The Kier molecular flexibility index (Phi) is 3.33. The van der Waals surface area contributed by atoms with Crippen molar-refractivity contribution in [2.45, 2.75) is 25.5 Å². The summed E-state index contributed by atoms with van der Waals surface area (Å²) in [7, 11) is 0. The first kappa shape index (κ1) is 12.7. The second-order valence-electron chi connectivity index (χ2n) is 5.00.